The fraction of sp³-hybridized carbons (Fsp3) is 0.636. The van der Waals surface area contributed by atoms with Crippen LogP contribution < -0.4 is 10.9 Å². The Balaban J connectivity index is 1.95. The molecule has 16 heavy (non-hydrogen) atoms. The zero-order valence-corrected chi connectivity index (χ0v) is 10.3. The number of nitrogens with one attached hydrogen (secondary N) is 1. The molecule has 0 amide bonds. The molecule has 0 bridgehead atoms. The summed E-state index contributed by atoms with van der Waals surface area (Å²) < 4.78 is 1.53. The van der Waals surface area contributed by atoms with Gasteiger partial charge in [-0.1, -0.05) is 6.92 Å². The minimum atomic E-state index is -0.0117. The van der Waals surface area contributed by atoms with Crippen LogP contribution in [0.1, 0.15) is 19.8 Å². The van der Waals surface area contributed by atoms with Crippen LogP contribution in [0.25, 0.3) is 0 Å². The molecule has 1 N–H and O–H groups in total. The van der Waals surface area contributed by atoms with Gasteiger partial charge in [-0.25, -0.2) is 4.68 Å². The first-order valence-electron chi connectivity index (χ1n) is 5.71. The quantitative estimate of drug-likeness (QED) is 0.766. The number of hydrogen-bond acceptors (Lipinski definition) is 4. The summed E-state index contributed by atoms with van der Waals surface area (Å²) in [6.07, 6.45) is 4.16. The van der Waals surface area contributed by atoms with E-state index in [2.05, 4.69) is 17.3 Å². The lowest BCUT2D eigenvalue weighted by molar-refractivity contribution is 0.622. The summed E-state index contributed by atoms with van der Waals surface area (Å²) >= 11 is 1.82. The normalized spacial score (nSPS) is 15.1. The van der Waals surface area contributed by atoms with E-state index in [4.69, 9.17) is 0 Å². The Kier molecular flexibility index (Phi) is 3.88. The lowest BCUT2D eigenvalue weighted by Crippen LogP contribution is -2.23. The van der Waals surface area contributed by atoms with Gasteiger partial charge in [0.05, 0.1) is 18.4 Å². The van der Waals surface area contributed by atoms with Crippen LogP contribution in [0.15, 0.2) is 17.1 Å². The van der Waals surface area contributed by atoms with Gasteiger partial charge >= 0.3 is 0 Å². The minimum Gasteiger partial charge on any atom is -0.381 e. The summed E-state index contributed by atoms with van der Waals surface area (Å²) in [6, 6.07) is 2.20. The molecule has 1 aliphatic carbocycles. The van der Waals surface area contributed by atoms with Gasteiger partial charge in [-0.3, -0.25) is 4.79 Å². The van der Waals surface area contributed by atoms with Gasteiger partial charge < -0.3 is 5.32 Å². The maximum Gasteiger partial charge on any atom is 0.268 e. The second-order valence-electron chi connectivity index (χ2n) is 3.92. The van der Waals surface area contributed by atoms with Gasteiger partial charge in [0.25, 0.3) is 5.56 Å². The molecule has 0 spiro atoms. The highest BCUT2D eigenvalue weighted by molar-refractivity contribution is 7.99. The molecule has 0 aromatic carbocycles. The highest BCUT2D eigenvalue weighted by Gasteiger charge is 2.20. The second kappa shape index (κ2) is 5.39. The summed E-state index contributed by atoms with van der Waals surface area (Å²) in [5.41, 5.74) is 0.842. The summed E-state index contributed by atoms with van der Waals surface area (Å²) in [7, 11) is 0. The molecule has 1 heterocycles. The zero-order valence-electron chi connectivity index (χ0n) is 9.48. The minimum absolute atomic E-state index is 0.0117. The molecule has 2 rings (SSSR count). The smallest absolute Gasteiger partial charge is 0.268 e. The summed E-state index contributed by atoms with van der Waals surface area (Å²) in [5.74, 6) is 2.02. The van der Waals surface area contributed by atoms with Crippen LogP contribution in [0.4, 0.5) is 5.69 Å². The van der Waals surface area contributed by atoms with Crippen molar-refractivity contribution in [2.45, 2.75) is 32.4 Å². The van der Waals surface area contributed by atoms with Gasteiger partial charge in [0.2, 0.25) is 0 Å². The Hall–Kier alpha value is -0.970. The van der Waals surface area contributed by atoms with E-state index in [1.807, 2.05) is 11.8 Å². The van der Waals surface area contributed by atoms with Crippen molar-refractivity contribution in [2.24, 2.45) is 0 Å². The largest absolute Gasteiger partial charge is 0.381 e. The van der Waals surface area contributed by atoms with E-state index in [-0.39, 0.29) is 5.56 Å². The zero-order chi connectivity index (χ0) is 11.4. The standard InChI is InChI=1S/C11H17N3OS/c1-2-16-6-5-14-11(15)7-10(8-12-14)13-9-3-4-9/h7-9,13H,2-6H2,1H3. The number of rotatable bonds is 6. The molecule has 1 aliphatic rings. The summed E-state index contributed by atoms with van der Waals surface area (Å²) in [6.45, 7) is 2.81. The molecule has 4 nitrogen and oxygen atoms in total. The number of aromatic nitrogens is 2. The van der Waals surface area contributed by atoms with Crippen LogP contribution in [-0.4, -0.2) is 27.3 Å². The van der Waals surface area contributed by atoms with Gasteiger partial charge in [-0.2, -0.15) is 16.9 Å². The first kappa shape index (κ1) is 11.5. The molecule has 5 heteroatoms. The lowest BCUT2D eigenvalue weighted by Gasteiger charge is -2.06. The second-order valence-corrected chi connectivity index (χ2v) is 5.32. The fourth-order valence-electron chi connectivity index (χ4n) is 1.44. The Morgan fingerprint density at radius 1 is 1.62 bits per heavy atom. The van der Waals surface area contributed by atoms with Gasteiger partial charge in [-0.15, -0.1) is 0 Å². The van der Waals surface area contributed by atoms with Crippen LogP contribution in [0.2, 0.25) is 0 Å². The monoisotopic (exact) mass is 239 g/mol. The van der Waals surface area contributed by atoms with E-state index < -0.39 is 0 Å². The van der Waals surface area contributed by atoms with Gasteiger partial charge in [0.1, 0.15) is 0 Å². The van der Waals surface area contributed by atoms with E-state index >= 15 is 0 Å². The van der Waals surface area contributed by atoms with Crippen LogP contribution in [0, 0.1) is 0 Å². The molecule has 0 saturated heterocycles. The van der Waals surface area contributed by atoms with Crippen molar-refractivity contribution in [1.82, 2.24) is 9.78 Å². The SMILES string of the molecule is CCSCCn1ncc(NC2CC2)cc1=O. The number of aryl methyl sites for hydroxylation is 1. The average Bonchev–Trinajstić information content (AvgIpc) is 3.05. The maximum atomic E-state index is 11.7. The van der Waals surface area contributed by atoms with Crippen LogP contribution in [-0.2, 0) is 6.54 Å². The molecule has 1 fully saturated rings. The molecular formula is C11H17N3OS. The van der Waals surface area contributed by atoms with Crippen molar-refractivity contribution in [1.29, 1.82) is 0 Å². The summed E-state index contributed by atoms with van der Waals surface area (Å²) in [4.78, 5) is 11.7. The van der Waals surface area contributed by atoms with Gasteiger partial charge in [0.15, 0.2) is 0 Å². The highest BCUT2D eigenvalue weighted by atomic mass is 32.2. The molecule has 1 saturated carbocycles. The number of nitrogens with zero attached hydrogens (tertiary/aromatic N) is 2. The van der Waals surface area contributed by atoms with E-state index in [0.29, 0.717) is 12.6 Å². The first-order valence-corrected chi connectivity index (χ1v) is 6.86. The maximum absolute atomic E-state index is 11.7. The van der Waals surface area contributed by atoms with E-state index in [9.17, 15) is 4.79 Å². The Morgan fingerprint density at radius 3 is 3.06 bits per heavy atom. The molecule has 0 aliphatic heterocycles. The number of hydrogen-bond donors (Lipinski definition) is 1. The Morgan fingerprint density at radius 2 is 2.44 bits per heavy atom. The molecular weight excluding hydrogens is 222 g/mol. The first-order chi connectivity index (χ1) is 7.79. The van der Waals surface area contributed by atoms with Crippen molar-refractivity contribution in [3.05, 3.63) is 22.6 Å². The highest BCUT2D eigenvalue weighted by Crippen LogP contribution is 2.23. The van der Waals surface area contributed by atoms with E-state index in [0.717, 1.165) is 17.2 Å². The molecule has 0 atom stereocenters. The van der Waals surface area contributed by atoms with Crippen molar-refractivity contribution in [3.8, 4) is 0 Å². The van der Waals surface area contributed by atoms with Gasteiger partial charge in [-0.05, 0) is 18.6 Å². The number of anilines is 1. The fourth-order valence-corrected chi connectivity index (χ4v) is 2.03. The summed E-state index contributed by atoms with van der Waals surface area (Å²) in [5, 5.41) is 7.43. The Labute approximate surface area is 99.4 Å². The lowest BCUT2D eigenvalue weighted by atomic mass is 10.4. The van der Waals surface area contributed by atoms with Crippen molar-refractivity contribution in [3.63, 3.8) is 0 Å². The molecule has 0 unspecified atom stereocenters. The molecule has 0 radical (unpaired) electrons. The topological polar surface area (TPSA) is 46.9 Å². The van der Waals surface area contributed by atoms with Crippen LogP contribution >= 0.6 is 11.8 Å². The Bertz CT molecular complexity index is 400. The predicted molar refractivity (Wildman–Crippen MR) is 68.1 cm³/mol. The average molecular weight is 239 g/mol. The molecule has 1 aromatic rings. The van der Waals surface area contributed by atoms with Crippen LogP contribution in [0.3, 0.4) is 0 Å². The van der Waals surface area contributed by atoms with Crippen molar-refractivity contribution < 1.29 is 0 Å². The molecule has 88 valence electrons. The molecule has 1 aromatic heterocycles. The predicted octanol–water partition coefficient (Wildman–Crippen LogP) is 1.57. The third kappa shape index (κ3) is 3.27. The third-order valence-corrected chi connectivity index (χ3v) is 3.35. The van der Waals surface area contributed by atoms with Crippen molar-refractivity contribution >= 4 is 17.4 Å². The third-order valence-electron chi connectivity index (χ3n) is 2.47. The van der Waals surface area contributed by atoms with Gasteiger partial charge in [0, 0.05) is 17.9 Å². The van der Waals surface area contributed by atoms with E-state index in [1.54, 1.807) is 12.3 Å². The van der Waals surface area contributed by atoms with Crippen molar-refractivity contribution in [2.75, 3.05) is 16.8 Å². The number of thioether (sulfide) groups is 1. The van der Waals surface area contributed by atoms with Crippen LogP contribution in [0.5, 0.6) is 0 Å². The van der Waals surface area contributed by atoms with E-state index in [1.165, 1.54) is 17.5 Å².